The number of furan rings is 1. The molecule has 6 nitrogen and oxygen atoms in total. The van der Waals surface area contributed by atoms with Crippen molar-refractivity contribution in [1.82, 2.24) is 4.72 Å². The first kappa shape index (κ1) is 18.8. The van der Waals surface area contributed by atoms with Crippen molar-refractivity contribution in [2.45, 2.75) is 12.3 Å². The molecule has 3 aromatic rings. The smallest absolute Gasteiger partial charge is 0.291 e. The second kappa shape index (κ2) is 8.15. The van der Waals surface area contributed by atoms with E-state index in [0.717, 1.165) is 5.56 Å². The summed E-state index contributed by atoms with van der Waals surface area (Å²) >= 11 is 0. The molecule has 1 aromatic heterocycles. The third kappa shape index (κ3) is 5.50. The average molecular weight is 388 g/mol. The zero-order chi connectivity index (χ0) is 19.3. The summed E-state index contributed by atoms with van der Waals surface area (Å²) in [5.41, 5.74) is 1.79. The van der Waals surface area contributed by atoms with Crippen LogP contribution in [0, 0.1) is 5.82 Å². The van der Waals surface area contributed by atoms with Crippen LogP contribution in [0.2, 0.25) is 0 Å². The van der Waals surface area contributed by atoms with Crippen LogP contribution in [0.4, 0.5) is 10.1 Å². The Bertz CT molecular complexity index is 999. The van der Waals surface area contributed by atoms with Crippen LogP contribution in [-0.4, -0.2) is 14.3 Å². The Balaban J connectivity index is 1.54. The summed E-state index contributed by atoms with van der Waals surface area (Å²) in [4.78, 5) is 11.9. The summed E-state index contributed by atoms with van der Waals surface area (Å²) in [7, 11) is -3.56. The number of hydrogen-bond acceptors (Lipinski definition) is 4. The first-order valence-corrected chi connectivity index (χ1v) is 9.72. The Labute approximate surface area is 156 Å². The summed E-state index contributed by atoms with van der Waals surface area (Å²) in [5.74, 6) is -0.811. The molecule has 0 atom stereocenters. The van der Waals surface area contributed by atoms with Gasteiger partial charge in [0, 0.05) is 12.2 Å². The Morgan fingerprint density at radius 3 is 2.26 bits per heavy atom. The number of nitrogens with one attached hydrogen (secondary N) is 2. The summed E-state index contributed by atoms with van der Waals surface area (Å²) in [6, 6.07) is 15.2. The van der Waals surface area contributed by atoms with E-state index in [1.54, 1.807) is 36.4 Å². The van der Waals surface area contributed by atoms with E-state index >= 15 is 0 Å². The first-order chi connectivity index (χ1) is 12.9. The van der Waals surface area contributed by atoms with Crippen LogP contribution in [-0.2, 0) is 22.3 Å². The largest absolute Gasteiger partial charge is 0.459 e. The second-order valence-corrected chi connectivity index (χ2v) is 7.64. The minimum atomic E-state index is -3.56. The van der Waals surface area contributed by atoms with Gasteiger partial charge in [0.15, 0.2) is 5.76 Å². The van der Waals surface area contributed by atoms with Crippen molar-refractivity contribution < 1.29 is 22.0 Å². The Kier molecular flexibility index (Phi) is 5.68. The normalized spacial score (nSPS) is 11.3. The lowest BCUT2D eigenvalue weighted by Crippen LogP contribution is -2.24. The van der Waals surface area contributed by atoms with E-state index < -0.39 is 15.8 Å². The number of halogens is 1. The molecule has 2 N–H and O–H groups in total. The number of amides is 1. The van der Waals surface area contributed by atoms with Crippen LogP contribution in [0.1, 0.15) is 21.7 Å². The number of benzene rings is 2. The van der Waals surface area contributed by atoms with Crippen molar-refractivity contribution >= 4 is 21.6 Å². The molecular weight excluding hydrogens is 371 g/mol. The fraction of sp³-hybridized carbons (Fsp3) is 0.105. The number of sulfonamides is 1. The Hall–Kier alpha value is -2.97. The molecule has 0 unspecified atom stereocenters. The highest BCUT2D eigenvalue weighted by Crippen LogP contribution is 2.13. The van der Waals surface area contributed by atoms with Crippen LogP contribution in [0.15, 0.2) is 71.3 Å². The highest BCUT2D eigenvalue weighted by atomic mass is 32.2. The van der Waals surface area contributed by atoms with Crippen molar-refractivity contribution in [3.05, 3.63) is 89.6 Å². The molecule has 0 saturated carbocycles. The van der Waals surface area contributed by atoms with Gasteiger partial charge < -0.3 is 9.73 Å². The van der Waals surface area contributed by atoms with Gasteiger partial charge in [0.25, 0.3) is 5.91 Å². The minimum absolute atomic E-state index is 0.107. The molecule has 8 heteroatoms. The third-order valence-electron chi connectivity index (χ3n) is 3.72. The number of hydrogen-bond donors (Lipinski definition) is 2. The molecule has 1 amide bonds. The van der Waals surface area contributed by atoms with E-state index in [1.807, 2.05) is 0 Å². The summed E-state index contributed by atoms with van der Waals surface area (Å²) < 4.78 is 44.7. The van der Waals surface area contributed by atoms with E-state index in [9.17, 15) is 17.6 Å². The maximum atomic E-state index is 12.9. The quantitative estimate of drug-likeness (QED) is 0.650. The van der Waals surface area contributed by atoms with Gasteiger partial charge >= 0.3 is 0 Å². The zero-order valence-electron chi connectivity index (χ0n) is 14.2. The molecule has 0 bridgehead atoms. The van der Waals surface area contributed by atoms with Gasteiger partial charge in [0.1, 0.15) is 5.82 Å². The SMILES string of the molecule is O=C(Nc1ccc(CNS(=O)(=O)Cc2ccc(F)cc2)cc1)c1ccco1. The monoisotopic (exact) mass is 388 g/mol. The molecule has 0 spiro atoms. The van der Waals surface area contributed by atoms with Crippen LogP contribution in [0.3, 0.4) is 0 Å². The molecule has 0 aliphatic rings. The fourth-order valence-electron chi connectivity index (χ4n) is 2.35. The van der Waals surface area contributed by atoms with Gasteiger partial charge in [-0.2, -0.15) is 0 Å². The molecule has 140 valence electrons. The standard InChI is InChI=1S/C19H17FN2O4S/c20-16-7-3-15(4-8-16)13-27(24,25)21-12-14-5-9-17(10-6-14)22-19(23)18-2-1-11-26-18/h1-11,21H,12-13H2,(H,22,23). The fourth-order valence-corrected chi connectivity index (χ4v) is 3.47. The van der Waals surface area contributed by atoms with Crippen molar-refractivity contribution in [2.24, 2.45) is 0 Å². The van der Waals surface area contributed by atoms with Gasteiger partial charge in [-0.25, -0.2) is 17.5 Å². The molecule has 0 fully saturated rings. The van der Waals surface area contributed by atoms with E-state index in [-0.39, 0.29) is 24.0 Å². The Morgan fingerprint density at radius 2 is 1.63 bits per heavy atom. The van der Waals surface area contributed by atoms with Gasteiger partial charge in [-0.1, -0.05) is 24.3 Å². The average Bonchev–Trinajstić information content (AvgIpc) is 3.18. The summed E-state index contributed by atoms with van der Waals surface area (Å²) in [6.07, 6.45) is 1.41. The molecule has 1 heterocycles. The maximum absolute atomic E-state index is 12.9. The topological polar surface area (TPSA) is 88.4 Å². The molecule has 2 aromatic carbocycles. The second-order valence-electron chi connectivity index (χ2n) is 5.84. The molecule has 0 saturated heterocycles. The molecule has 0 radical (unpaired) electrons. The van der Waals surface area contributed by atoms with Gasteiger partial charge in [0.2, 0.25) is 10.0 Å². The van der Waals surface area contributed by atoms with Crippen LogP contribution >= 0.6 is 0 Å². The highest BCUT2D eigenvalue weighted by Gasteiger charge is 2.12. The zero-order valence-corrected chi connectivity index (χ0v) is 15.0. The van der Waals surface area contributed by atoms with Gasteiger partial charge in [-0.3, -0.25) is 4.79 Å². The lowest BCUT2D eigenvalue weighted by molar-refractivity contribution is 0.0996. The van der Waals surface area contributed by atoms with Gasteiger partial charge in [-0.05, 0) is 47.5 Å². The molecule has 0 aliphatic heterocycles. The van der Waals surface area contributed by atoms with Gasteiger partial charge in [0.05, 0.1) is 12.0 Å². The van der Waals surface area contributed by atoms with Gasteiger partial charge in [-0.15, -0.1) is 0 Å². The van der Waals surface area contributed by atoms with Crippen LogP contribution in [0.25, 0.3) is 0 Å². The summed E-state index contributed by atoms with van der Waals surface area (Å²) in [6.45, 7) is 0.107. The predicted octanol–water partition coefficient (Wildman–Crippen LogP) is 3.29. The lowest BCUT2D eigenvalue weighted by atomic mass is 10.2. The van der Waals surface area contributed by atoms with Crippen molar-refractivity contribution in [1.29, 1.82) is 0 Å². The number of rotatable bonds is 7. The summed E-state index contributed by atoms with van der Waals surface area (Å²) in [5, 5.41) is 2.68. The van der Waals surface area contributed by atoms with Crippen molar-refractivity contribution in [3.8, 4) is 0 Å². The van der Waals surface area contributed by atoms with Crippen molar-refractivity contribution in [2.75, 3.05) is 5.32 Å². The van der Waals surface area contributed by atoms with E-state index in [1.165, 1.54) is 30.5 Å². The molecular formula is C19H17FN2O4S. The predicted molar refractivity (Wildman–Crippen MR) is 99.0 cm³/mol. The first-order valence-electron chi connectivity index (χ1n) is 8.07. The highest BCUT2D eigenvalue weighted by molar-refractivity contribution is 7.88. The van der Waals surface area contributed by atoms with E-state index in [2.05, 4.69) is 10.0 Å². The van der Waals surface area contributed by atoms with E-state index in [0.29, 0.717) is 11.3 Å². The third-order valence-corrected chi connectivity index (χ3v) is 5.02. The minimum Gasteiger partial charge on any atom is -0.459 e. The number of carbonyl (C=O) groups excluding carboxylic acids is 1. The maximum Gasteiger partial charge on any atom is 0.291 e. The number of anilines is 1. The van der Waals surface area contributed by atoms with Crippen LogP contribution in [0.5, 0.6) is 0 Å². The molecule has 3 rings (SSSR count). The molecule has 0 aliphatic carbocycles. The molecule has 27 heavy (non-hydrogen) atoms. The number of carbonyl (C=O) groups is 1. The van der Waals surface area contributed by atoms with Crippen molar-refractivity contribution in [3.63, 3.8) is 0 Å². The Morgan fingerprint density at radius 1 is 0.963 bits per heavy atom. The lowest BCUT2D eigenvalue weighted by Gasteiger charge is -2.08. The van der Waals surface area contributed by atoms with Crippen LogP contribution < -0.4 is 10.0 Å². The van der Waals surface area contributed by atoms with E-state index in [4.69, 9.17) is 4.42 Å².